The lowest BCUT2D eigenvalue weighted by molar-refractivity contribution is -0.143. The first-order chi connectivity index (χ1) is 16.8. The number of likely N-dealkylation sites (tertiary alicyclic amines) is 1. The van der Waals surface area contributed by atoms with Crippen molar-refractivity contribution in [2.45, 2.75) is 57.1 Å². The van der Waals surface area contributed by atoms with Gasteiger partial charge >= 0.3 is 7.12 Å². The van der Waals surface area contributed by atoms with Crippen LogP contribution in [-0.2, 0) is 19.0 Å². The van der Waals surface area contributed by atoms with E-state index in [4.69, 9.17) is 14.1 Å². The van der Waals surface area contributed by atoms with Crippen molar-refractivity contribution in [2.24, 2.45) is 17.8 Å². The van der Waals surface area contributed by atoms with E-state index in [9.17, 15) is 19.7 Å². The summed E-state index contributed by atoms with van der Waals surface area (Å²) in [5.41, 5.74) is 2.30. The Hall–Kier alpha value is -1.63. The zero-order chi connectivity index (χ0) is 24.9. The van der Waals surface area contributed by atoms with Crippen LogP contribution >= 0.6 is 22.6 Å². The number of ether oxygens (including phenoxy) is 2. The number of fused-ring (bicyclic) bond motifs is 3. The standard InChI is InChI=1S/C25H31BINO7/c1-33-12-14-8-17-21(25(31)28(24(17)30)15-6-4-3-5-7-15)16-11-19(35-26(32)22(14)16)13-9-18(27)23(29)20(10-13)34-2/h9-10,15-17,19,21,29,32H,3-8,11-12H2,1-2H3/t16-,17-,19-,21+/m0/s1. The minimum Gasteiger partial charge on any atom is -0.504 e. The fourth-order valence-electron chi connectivity index (χ4n) is 6.59. The van der Waals surface area contributed by atoms with Crippen molar-refractivity contribution < 1.29 is 33.8 Å². The Balaban J connectivity index is 1.52. The molecule has 3 fully saturated rings. The highest BCUT2D eigenvalue weighted by Crippen LogP contribution is 2.52. The van der Waals surface area contributed by atoms with Gasteiger partial charge in [-0.1, -0.05) is 19.3 Å². The van der Waals surface area contributed by atoms with E-state index in [1.807, 2.05) is 22.6 Å². The van der Waals surface area contributed by atoms with Crippen LogP contribution in [0.4, 0.5) is 0 Å². The maximum absolute atomic E-state index is 13.8. The molecule has 0 spiro atoms. The first-order valence-corrected chi connectivity index (χ1v) is 13.4. The van der Waals surface area contributed by atoms with Gasteiger partial charge in [-0.25, -0.2) is 0 Å². The molecule has 0 aromatic heterocycles. The molecular formula is C25H31BINO7. The second kappa shape index (κ2) is 10.0. The van der Waals surface area contributed by atoms with Crippen LogP contribution < -0.4 is 4.74 Å². The predicted molar refractivity (Wildman–Crippen MR) is 137 cm³/mol. The molecule has 2 aliphatic heterocycles. The summed E-state index contributed by atoms with van der Waals surface area (Å²) in [4.78, 5) is 28.9. The predicted octanol–water partition coefficient (Wildman–Crippen LogP) is 3.38. The highest BCUT2D eigenvalue weighted by molar-refractivity contribution is 14.1. The number of hydrogen-bond donors (Lipinski definition) is 2. The summed E-state index contributed by atoms with van der Waals surface area (Å²) in [5, 5.41) is 21.4. The second-order valence-electron chi connectivity index (χ2n) is 10.0. The maximum atomic E-state index is 13.8. The molecule has 0 bridgehead atoms. The lowest BCUT2D eigenvalue weighted by Crippen LogP contribution is -2.46. The van der Waals surface area contributed by atoms with Gasteiger partial charge in [0.25, 0.3) is 0 Å². The number of methoxy groups -OCH3 is 2. The van der Waals surface area contributed by atoms with E-state index >= 15 is 0 Å². The molecule has 8 nitrogen and oxygen atoms in total. The van der Waals surface area contributed by atoms with Crippen LogP contribution in [0.1, 0.15) is 56.6 Å². The van der Waals surface area contributed by atoms with Crippen molar-refractivity contribution in [3.05, 3.63) is 32.3 Å². The number of amides is 2. The van der Waals surface area contributed by atoms with Crippen LogP contribution in [0.15, 0.2) is 23.2 Å². The first-order valence-electron chi connectivity index (χ1n) is 12.3. The van der Waals surface area contributed by atoms with Gasteiger partial charge in [-0.3, -0.25) is 14.5 Å². The monoisotopic (exact) mass is 595 g/mol. The number of hydrogen-bond acceptors (Lipinski definition) is 7. The summed E-state index contributed by atoms with van der Waals surface area (Å²) in [6.07, 6.45) is 5.29. The van der Waals surface area contributed by atoms with Crippen molar-refractivity contribution in [3.8, 4) is 11.5 Å². The van der Waals surface area contributed by atoms with E-state index < -0.39 is 25.1 Å². The molecule has 10 heteroatoms. The topological polar surface area (TPSA) is 106 Å². The van der Waals surface area contributed by atoms with Crippen LogP contribution in [0.3, 0.4) is 0 Å². The van der Waals surface area contributed by atoms with Crippen LogP contribution in [0.2, 0.25) is 0 Å². The van der Waals surface area contributed by atoms with E-state index in [-0.39, 0.29) is 36.1 Å². The van der Waals surface area contributed by atoms with Crippen LogP contribution in [0.5, 0.6) is 11.5 Å². The number of allylic oxidation sites excluding steroid dienone is 1. The van der Waals surface area contributed by atoms with Crippen molar-refractivity contribution in [3.63, 3.8) is 0 Å². The minimum absolute atomic E-state index is 0.0211. The highest BCUT2D eigenvalue weighted by atomic mass is 127. The molecule has 1 aromatic carbocycles. The summed E-state index contributed by atoms with van der Waals surface area (Å²) in [6.45, 7) is 0.288. The summed E-state index contributed by atoms with van der Waals surface area (Å²) >= 11 is 2.03. The quantitative estimate of drug-likeness (QED) is 0.306. The molecule has 0 radical (unpaired) electrons. The third kappa shape index (κ3) is 4.30. The van der Waals surface area contributed by atoms with Crippen molar-refractivity contribution in [1.82, 2.24) is 4.90 Å². The Labute approximate surface area is 219 Å². The molecule has 35 heavy (non-hydrogen) atoms. The highest BCUT2D eigenvalue weighted by Gasteiger charge is 2.58. The number of phenols is 1. The van der Waals surface area contributed by atoms with Crippen LogP contribution in [0, 0.1) is 21.3 Å². The Morgan fingerprint density at radius 2 is 1.89 bits per heavy atom. The summed E-state index contributed by atoms with van der Waals surface area (Å²) in [5.74, 6) is -1.05. The van der Waals surface area contributed by atoms with Crippen LogP contribution in [-0.4, -0.2) is 60.8 Å². The number of carbonyl (C=O) groups excluding carboxylic acids is 2. The average molecular weight is 595 g/mol. The zero-order valence-corrected chi connectivity index (χ0v) is 22.2. The molecule has 0 unspecified atom stereocenters. The number of benzene rings is 1. The molecule has 2 heterocycles. The maximum Gasteiger partial charge on any atom is 0.487 e. The normalized spacial score (nSPS) is 29.5. The molecule has 2 amide bonds. The molecule has 2 N–H and O–H groups in total. The van der Waals surface area contributed by atoms with E-state index in [2.05, 4.69) is 0 Å². The molecule has 2 aliphatic carbocycles. The largest absolute Gasteiger partial charge is 0.504 e. The van der Waals surface area contributed by atoms with E-state index in [0.29, 0.717) is 27.6 Å². The number of carbonyl (C=O) groups is 2. The number of nitrogens with zero attached hydrogens (tertiary/aromatic N) is 1. The molecular weight excluding hydrogens is 564 g/mol. The van der Waals surface area contributed by atoms with Gasteiger partial charge in [0.1, 0.15) is 0 Å². The third-order valence-electron chi connectivity index (χ3n) is 8.15. The number of halogens is 1. The van der Waals surface area contributed by atoms with E-state index in [1.54, 1.807) is 24.1 Å². The number of phenolic OH excluding ortho intramolecular Hbond substituents is 1. The molecule has 4 atom stereocenters. The molecule has 5 rings (SSSR count). The lowest BCUT2D eigenvalue weighted by Gasteiger charge is -2.42. The van der Waals surface area contributed by atoms with Crippen molar-refractivity contribution in [1.29, 1.82) is 0 Å². The SMILES string of the molecule is COCC1=C2B(O)O[C@H](c3cc(I)c(O)c(OC)c3)C[C@H]2[C@H]2C(=O)N(C3CCCCC3)C(=O)[C@H]2C1. The smallest absolute Gasteiger partial charge is 0.487 e. The fourth-order valence-corrected chi connectivity index (χ4v) is 7.22. The Kier molecular flexibility index (Phi) is 7.17. The Bertz CT molecular complexity index is 1060. The van der Waals surface area contributed by atoms with Crippen molar-refractivity contribution >= 4 is 41.5 Å². The van der Waals surface area contributed by atoms with E-state index in [0.717, 1.165) is 43.2 Å². The molecule has 1 aromatic rings. The van der Waals surface area contributed by atoms with Crippen LogP contribution in [0.25, 0.3) is 0 Å². The summed E-state index contributed by atoms with van der Waals surface area (Å²) in [6, 6.07) is 3.49. The van der Waals surface area contributed by atoms with Gasteiger partial charge in [0, 0.05) is 13.2 Å². The molecule has 2 saturated heterocycles. The Morgan fingerprint density at radius 3 is 2.57 bits per heavy atom. The van der Waals surface area contributed by atoms with E-state index in [1.165, 1.54) is 7.11 Å². The third-order valence-corrected chi connectivity index (χ3v) is 8.97. The number of rotatable bonds is 5. The summed E-state index contributed by atoms with van der Waals surface area (Å²) in [7, 11) is 1.88. The summed E-state index contributed by atoms with van der Waals surface area (Å²) < 4.78 is 17.4. The second-order valence-corrected chi connectivity index (χ2v) is 11.2. The lowest BCUT2D eigenvalue weighted by atomic mass is 9.55. The fraction of sp³-hybridized carbons (Fsp3) is 0.600. The van der Waals surface area contributed by atoms with Gasteiger partial charge in [0.05, 0.1) is 35.2 Å². The average Bonchev–Trinajstić information content (AvgIpc) is 3.10. The molecule has 188 valence electrons. The number of imide groups is 1. The van der Waals surface area contributed by atoms with Gasteiger partial charge in [0.2, 0.25) is 11.8 Å². The van der Waals surface area contributed by atoms with Gasteiger partial charge in [-0.05, 0) is 82.9 Å². The first kappa shape index (κ1) is 25.0. The Morgan fingerprint density at radius 1 is 1.14 bits per heavy atom. The van der Waals surface area contributed by atoms with Gasteiger partial charge < -0.3 is 24.3 Å². The minimum atomic E-state index is -1.20. The molecule has 4 aliphatic rings. The van der Waals surface area contributed by atoms with Gasteiger partial charge in [-0.15, -0.1) is 0 Å². The number of aromatic hydroxyl groups is 1. The van der Waals surface area contributed by atoms with Crippen molar-refractivity contribution in [2.75, 3.05) is 20.8 Å². The molecule has 1 saturated carbocycles. The zero-order valence-electron chi connectivity index (χ0n) is 20.0. The van der Waals surface area contributed by atoms with Gasteiger partial charge in [-0.2, -0.15) is 0 Å². The van der Waals surface area contributed by atoms with Gasteiger partial charge in [0.15, 0.2) is 11.5 Å².